The fourth-order valence-corrected chi connectivity index (χ4v) is 9.83. The van der Waals surface area contributed by atoms with Crippen LogP contribution in [0.2, 0.25) is 0 Å². The molecule has 16 heteroatoms. The maximum Gasteiger partial charge on any atom is 0.157 e. The predicted molar refractivity (Wildman–Crippen MR) is 252 cm³/mol. The number of pyridine rings is 2. The largest absolute Gasteiger partial charge is 0.374 e. The van der Waals surface area contributed by atoms with Crippen LogP contribution in [0.25, 0.3) is 21.5 Å². The molecule has 0 saturated carbocycles. The van der Waals surface area contributed by atoms with Crippen LogP contribution in [0.15, 0.2) is 60.9 Å². The molecule has 0 radical (unpaired) electrons. The summed E-state index contributed by atoms with van der Waals surface area (Å²) in [6.45, 7) is 12.7. The Morgan fingerprint density at radius 3 is 1.60 bits per heavy atom. The molecule has 334 valence electrons. The van der Waals surface area contributed by atoms with E-state index in [0.29, 0.717) is 48.5 Å². The van der Waals surface area contributed by atoms with Crippen molar-refractivity contribution in [3.05, 3.63) is 106 Å². The van der Waals surface area contributed by atoms with Crippen molar-refractivity contribution >= 4 is 44.8 Å². The molecular formula is C49H56N14O2. The minimum absolute atomic E-state index is 0.0382. The number of nitrogens with one attached hydrogen (secondary N) is 3. The smallest absolute Gasteiger partial charge is 0.157 e. The average molecular weight is 873 g/mol. The monoisotopic (exact) mass is 872 g/mol. The number of morpholine rings is 2. The average Bonchev–Trinajstić information content (AvgIpc) is 4.15. The third kappa shape index (κ3) is 8.70. The van der Waals surface area contributed by atoms with E-state index in [1.165, 1.54) is 0 Å². The summed E-state index contributed by atoms with van der Waals surface area (Å²) in [5.41, 5.74) is 7.26. The summed E-state index contributed by atoms with van der Waals surface area (Å²) in [6.07, 6.45) is 6.59. The minimum Gasteiger partial charge on any atom is -0.374 e. The van der Waals surface area contributed by atoms with Crippen molar-refractivity contribution < 1.29 is 9.47 Å². The van der Waals surface area contributed by atoms with Gasteiger partial charge in [-0.1, -0.05) is 24.3 Å². The number of benzene rings is 2. The summed E-state index contributed by atoms with van der Waals surface area (Å²) in [7, 11) is 5.94. The SMILES string of the molecule is CNCc1nnc(N[C@H](C)c2cccc(C#N)c2C)c2cc(N3C[C@H]4C[C@@H]3CO4)ncc12.Cc1c(C#N)cccc1[C@@H](C)Nc1nnc(CN(C)C)c2cnc(N3C[C@H]4C[C@@H]3CO4)cc12. The number of hydrogen-bond acceptors (Lipinski definition) is 16. The lowest BCUT2D eigenvalue weighted by atomic mass is 9.98. The molecular weight excluding hydrogens is 817 g/mol. The summed E-state index contributed by atoms with van der Waals surface area (Å²) in [4.78, 5) is 16.4. The highest BCUT2D eigenvalue weighted by molar-refractivity contribution is 5.95. The molecule has 3 N–H and O–H groups in total. The van der Waals surface area contributed by atoms with Gasteiger partial charge >= 0.3 is 0 Å². The van der Waals surface area contributed by atoms with Crippen molar-refractivity contribution in [2.45, 2.75) is 90.0 Å². The lowest BCUT2D eigenvalue weighted by molar-refractivity contribution is 0.0988. The molecule has 4 aliphatic heterocycles. The van der Waals surface area contributed by atoms with Crippen molar-refractivity contribution in [2.24, 2.45) is 0 Å². The molecule has 10 rings (SSSR count). The first-order chi connectivity index (χ1) is 31.5. The van der Waals surface area contributed by atoms with Gasteiger partial charge in [-0.15, -0.1) is 10.2 Å². The Balaban J connectivity index is 0.000000164. The third-order valence-electron chi connectivity index (χ3n) is 13.3. The predicted octanol–water partition coefficient (Wildman–Crippen LogP) is 6.49. The Labute approximate surface area is 380 Å². The Morgan fingerprint density at radius 1 is 0.708 bits per heavy atom. The second kappa shape index (κ2) is 18.5. The van der Waals surface area contributed by atoms with E-state index in [0.717, 1.165) is 118 Å². The van der Waals surface area contributed by atoms with Crippen molar-refractivity contribution in [2.75, 3.05) is 67.9 Å². The number of hydrogen-bond donors (Lipinski definition) is 3. The van der Waals surface area contributed by atoms with Gasteiger partial charge in [0.15, 0.2) is 11.6 Å². The van der Waals surface area contributed by atoms with Gasteiger partial charge in [-0.05, 0) is 108 Å². The zero-order chi connectivity index (χ0) is 45.4. The first-order valence-corrected chi connectivity index (χ1v) is 22.4. The van der Waals surface area contributed by atoms with Gasteiger partial charge < -0.3 is 40.1 Å². The van der Waals surface area contributed by atoms with Crippen molar-refractivity contribution in [1.82, 2.24) is 40.6 Å². The molecule has 4 saturated heterocycles. The first-order valence-electron chi connectivity index (χ1n) is 22.4. The van der Waals surface area contributed by atoms with E-state index in [1.54, 1.807) is 0 Å². The van der Waals surface area contributed by atoms with E-state index < -0.39 is 0 Å². The van der Waals surface area contributed by atoms with Crippen molar-refractivity contribution in [3.63, 3.8) is 0 Å². The molecule has 2 aromatic carbocycles. The number of nitriles is 2. The van der Waals surface area contributed by atoms with Gasteiger partial charge in [-0.25, -0.2) is 9.97 Å². The van der Waals surface area contributed by atoms with E-state index >= 15 is 0 Å². The van der Waals surface area contributed by atoms with Crippen LogP contribution in [0.3, 0.4) is 0 Å². The quantitative estimate of drug-likeness (QED) is 0.121. The molecule has 4 bridgehead atoms. The van der Waals surface area contributed by atoms with Gasteiger partial charge in [0.2, 0.25) is 0 Å². The zero-order valence-electron chi connectivity index (χ0n) is 38.1. The molecule has 16 nitrogen and oxygen atoms in total. The highest BCUT2D eigenvalue weighted by atomic mass is 16.5. The van der Waals surface area contributed by atoms with Crippen LogP contribution in [-0.2, 0) is 22.6 Å². The second-order valence-corrected chi connectivity index (χ2v) is 17.9. The van der Waals surface area contributed by atoms with Crippen molar-refractivity contribution in [3.8, 4) is 12.1 Å². The van der Waals surface area contributed by atoms with Crippen LogP contribution in [0.4, 0.5) is 23.3 Å². The van der Waals surface area contributed by atoms with E-state index in [1.807, 2.05) is 77.7 Å². The molecule has 4 aromatic heterocycles. The summed E-state index contributed by atoms with van der Waals surface area (Å²) in [5, 5.41) is 51.2. The summed E-state index contributed by atoms with van der Waals surface area (Å²) < 4.78 is 11.5. The Kier molecular flexibility index (Phi) is 12.4. The summed E-state index contributed by atoms with van der Waals surface area (Å²) in [6, 6.07) is 21.2. The number of aromatic nitrogens is 6. The van der Waals surface area contributed by atoms with Crippen LogP contribution >= 0.6 is 0 Å². The molecule has 0 aliphatic carbocycles. The van der Waals surface area contributed by atoms with Gasteiger partial charge in [-0.2, -0.15) is 20.7 Å². The standard InChI is InChI=1S/C25H29N7O.C24H27N7O/c1-15-17(10-26)6-5-7-20(15)16(2)28-25-21-9-24(32-12-19-8-18(32)14-33-19)27-11-22(21)23(29-30-25)13-31(3)4;1-14-16(9-25)5-4-6-19(14)15(2)28-24-20-8-23(31-12-18-7-17(31)13-32-18)27-10-21(20)22(11-26-3)29-30-24/h5-7,9,11,16,18-19H,8,12-14H2,1-4H3,(H,28,30);4-6,8,10,15,17-18,26H,7,11-13H2,1-3H3,(H,28,30)/t16-,18-,19-;15-,17-,18-/m11/s1. The first kappa shape index (κ1) is 43.7. The Morgan fingerprint density at radius 2 is 1.18 bits per heavy atom. The van der Waals surface area contributed by atoms with Gasteiger partial charge in [0, 0.05) is 60.1 Å². The molecule has 8 heterocycles. The van der Waals surface area contributed by atoms with Crippen LogP contribution in [0, 0.1) is 36.5 Å². The maximum atomic E-state index is 9.42. The number of fused-ring (bicyclic) bond motifs is 6. The molecule has 65 heavy (non-hydrogen) atoms. The molecule has 6 aromatic rings. The number of rotatable bonds is 12. The van der Waals surface area contributed by atoms with Crippen LogP contribution in [0.1, 0.15) is 83.5 Å². The topological polar surface area (TPSA) is 189 Å². The van der Waals surface area contributed by atoms with Crippen LogP contribution in [0.5, 0.6) is 0 Å². The molecule has 4 aliphatic rings. The fourth-order valence-electron chi connectivity index (χ4n) is 9.83. The highest BCUT2D eigenvalue weighted by Crippen LogP contribution is 2.37. The molecule has 0 amide bonds. The molecule has 0 unspecified atom stereocenters. The van der Waals surface area contributed by atoms with Crippen molar-refractivity contribution in [1.29, 1.82) is 10.5 Å². The van der Waals surface area contributed by atoms with E-state index in [9.17, 15) is 10.5 Å². The molecule has 0 spiro atoms. The Hall–Kier alpha value is -6.56. The van der Waals surface area contributed by atoms with E-state index in [4.69, 9.17) is 19.4 Å². The molecule has 6 atom stereocenters. The second-order valence-electron chi connectivity index (χ2n) is 17.9. The third-order valence-corrected chi connectivity index (χ3v) is 13.3. The van der Waals surface area contributed by atoms with Gasteiger partial charge in [0.05, 0.1) is 84.2 Å². The summed E-state index contributed by atoms with van der Waals surface area (Å²) >= 11 is 0. The number of ether oxygens (including phenoxy) is 2. The zero-order valence-corrected chi connectivity index (χ0v) is 38.1. The van der Waals surface area contributed by atoms with Gasteiger partial charge in [0.1, 0.15) is 11.6 Å². The Bertz CT molecular complexity index is 2820. The summed E-state index contributed by atoms with van der Waals surface area (Å²) in [5.74, 6) is 3.36. The van der Waals surface area contributed by atoms with Gasteiger partial charge in [0.25, 0.3) is 0 Å². The normalized spacial score (nSPS) is 20.5. The van der Waals surface area contributed by atoms with Gasteiger partial charge in [-0.3, -0.25) is 0 Å². The molecule has 4 fully saturated rings. The van der Waals surface area contributed by atoms with Crippen LogP contribution in [-0.4, -0.2) is 107 Å². The fraction of sp³-hybridized carbons (Fsp3) is 0.429. The number of anilines is 4. The van der Waals surface area contributed by atoms with E-state index in [-0.39, 0.29) is 12.1 Å². The van der Waals surface area contributed by atoms with Crippen LogP contribution < -0.4 is 25.8 Å². The lowest BCUT2D eigenvalue weighted by Crippen LogP contribution is -2.37. The van der Waals surface area contributed by atoms with E-state index in [2.05, 4.69) is 95.2 Å². The minimum atomic E-state index is -0.0386. The number of nitrogens with zero attached hydrogens (tertiary/aromatic N) is 11. The highest BCUT2D eigenvalue weighted by Gasteiger charge is 2.41. The maximum absolute atomic E-state index is 9.42. The lowest BCUT2D eigenvalue weighted by Gasteiger charge is -2.28.